The molecule has 0 amide bonds. The fourth-order valence-corrected chi connectivity index (χ4v) is 4.11. The van der Waals surface area contributed by atoms with Gasteiger partial charge in [-0.3, -0.25) is 9.59 Å². The lowest BCUT2D eigenvalue weighted by Gasteiger charge is -2.24. The van der Waals surface area contributed by atoms with E-state index in [4.69, 9.17) is 14.2 Å². The number of fused-ring (bicyclic) bond motifs is 1. The number of allylic oxidation sites excluding steroid dienone is 2. The van der Waals surface area contributed by atoms with E-state index in [2.05, 4.69) is 6.58 Å². The van der Waals surface area contributed by atoms with Crippen molar-refractivity contribution in [3.8, 4) is 0 Å². The van der Waals surface area contributed by atoms with E-state index in [0.717, 1.165) is 11.1 Å². The van der Waals surface area contributed by atoms with Crippen LogP contribution in [0, 0.1) is 17.3 Å². The first-order chi connectivity index (χ1) is 11.3. The summed E-state index contributed by atoms with van der Waals surface area (Å²) < 4.78 is 14.6. The van der Waals surface area contributed by atoms with E-state index in [1.54, 1.807) is 0 Å². The van der Waals surface area contributed by atoms with Gasteiger partial charge in [0.1, 0.15) is 0 Å². The third-order valence-corrected chi connectivity index (χ3v) is 5.33. The maximum atomic E-state index is 12.4. The third kappa shape index (κ3) is 2.85. The number of rotatable bonds is 3. The lowest BCUT2D eigenvalue weighted by atomic mass is 9.83. The minimum Gasteiger partial charge on any atom is -0.468 e. The van der Waals surface area contributed by atoms with Gasteiger partial charge < -0.3 is 14.2 Å². The molecular weight excluding hydrogens is 312 g/mol. The molecule has 0 radical (unpaired) electrons. The van der Waals surface area contributed by atoms with Crippen molar-refractivity contribution in [1.82, 2.24) is 0 Å². The molecule has 0 bridgehead atoms. The molecule has 0 aromatic rings. The fraction of sp³-hybridized carbons (Fsp3) is 0.611. The Hall–Kier alpha value is -2.11. The minimum atomic E-state index is -1.33. The van der Waals surface area contributed by atoms with Gasteiger partial charge in [0.2, 0.25) is 0 Å². The second kappa shape index (κ2) is 6.79. The molecule has 0 aromatic heterocycles. The summed E-state index contributed by atoms with van der Waals surface area (Å²) in [4.78, 5) is 36.8. The smallest absolute Gasteiger partial charge is 0.333 e. The molecule has 0 heterocycles. The largest absolute Gasteiger partial charge is 0.468 e. The van der Waals surface area contributed by atoms with Gasteiger partial charge in [-0.2, -0.15) is 0 Å². The zero-order valence-electron chi connectivity index (χ0n) is 14.6. The van der Waals surface area contributed by atoms with Gasteiger partial charge in [-0.1, -0.05) is 17.7 Å². The fourth-order valence-electron chi connectivity index (χ4n) is 4.11. The Balaban J connectivity index is 2.41. The highest BCUT2D eigenvalue weighted by Gasteiger charge is 2.58. The first kappa shape index (κ1) is 18.2. The molecule has 1 fully saturated rings. The first-order valence-electron chi connectivity index (χ1n) is 7.92. The van der Waals surface area contributed by atoms with Crippen molar-refractivity contribution in [2.45, 2.75) is 32.6 Å². The van der Waals surface area contributed by atoms with Gasteiger partial charge in [0.15, 0.2) is 5.41 Å². The molecule has 0 N–H and O–H groups in total. The predicted molar refractivity (Wildman–Crippen MR) is 85.8 cm³/mol. The standard InChI is InChI=1S/C18H24O6/c1-10-6-11(2)14-9-18(16(20)23-4,17(21)24-5)8-12(14)7-13(10)15(19)22-3/h12,14H,2,6-9H2,1,3-5H3. The Kier molecular flexibility index (Phi) is 5.16. The highest BCUT2D eigenvalue weighted by Crippen LogP contribution is 2.54. The van der Waals surface area contributed by atoms with Crippen LogP contribution in [0.15, 0.2) is 23.3 Å². The summed E-state index contributed by atoms with van der Waals surface area (Å²) in [6.07, 6.45) is 1.60. The van der Waals surface area contributed by atoms with Crippen LogP contribution < -0.4 is 0 Å². The van der Waals surface area contributed by atoms with Crippen molar-refractivity contribution in [2.75, 3.05) is 21.3 Å². The van der Waals surface area contributed by atoms with Gasteiger partial charge >= 0.3 is 17.9 Å². The van der Waals surface area contributed by atoms with E-state index in [-0.39, 0.29) is 24.2 Å². The van der Waals surface area contributed by atoms with Crippen molar-refractivity contribution in [3.63, 3.8) is 0 Å². The molecule has 1 saturated carbocycles. The summed E-state index contributed by atoms with van der Waals surface area (Å²) in [6, 6.07) is 0. The molecule has 2 unspecified atom stereocenters. The minimum absolute atomic E-state index is 0.0414. The summed E-state index contributed by atoms with van der Waals surface area (Å²) in [5.74, 6) is -1.64. The molecule has 6 heteroatoms. The van der Waals surface area contributed by atoms with Gasteiger partial charge in [0, 0.05) is 5.57 Å². The third-order valence-electron chi connectivity index (χ3n) is 5.33. The zero-order chi connectivity index (χ0) is 18.1. The van der Waals surface area contributed by atoms with Gasteiger partial charge in [-0.05, 0) is 44.4 Å². The zero-order valence-corrected chi connectivity index (χ0v) is 14.6. The molecule has 132 valence electrons. The number of carbonyl (C=O) groups excluding carboxylic acids is 3. The molecule has 0 saturated heterocycles. The average molecular weight is 336 g/mol. The molecule has 0 aromatic carbocycles. The number of methoxy groups -OCH3 is 3. The van der Waals surface area contributed by atoms with E-state index < -0.39 is 17.4 Å². The molecule has 0 aliphatic heterocycles. The van der Waals surface area contributed by atoms with Crippen molar-refractivity contribution in [2.24, 2.45) is 17.3 Å². The highest BCUT2D eigenvalue weighted by atomic mass is 16.5. The Morgan fingerprint density at radius 2 is 1.62 bits per heavy atom. The van der Waals surface area contributed by atoms with Crippen molar-refractivity contribution in [1.29, 1.82) is 0 Å². The Bertz CT molecular complexity index is 599. The van der Waals surface area contributed by atoms with Crippen LogP contribution in [0.1, 0.15) is 32.6 Å². The molecule has 6 nitrogen and oxygen atoms in total. The normalized spacial score (nSPS) is 25.6. The summed E-state index contributed by atoms with van der Waals surface area (Å²) >= 11 is 0. The van der Waals surface area contributed by atoms with E-state index in [1.165, 1.54) is 21.3 Å². The topological polar surface area (TPSA) is 78.9 Å². The van der Waals surface area contributed by atoms with Crippen LogP contribution in [0.4, 0.5) is 0 Å². The molecular formula is C18H24O6. The predicted octanol–water partition coefficient (Wildman–Crippen LogP) is 2.18. The van der Waals surface area contributed by atoms with Crippen LogP contribution in [0.25, 0.3) is 0 Å². The number of hydrogen-bond donors (Lipinski definition) is 0. The van der Waals surface area contributed by atoms with Crippen LogP contribution in [-0.4, -0.2) is 39.2 Å². The van der Waals surface area contributed by atoms with Gasteiger partial charge in [0.05, 0.1) is 21.3 Å². The van der Waals surface area contributed by atoms with Crippen molar-refractivity contribution >= 4 is 17.9 Å². The summed E-state index contributed by atoms with van der Waals surface area (Å²) in [7, 11) is 3.88. The maximum Gasteiger partial charge on any atom is 0.333 e. The quantitative estimate of drug-likeness (QED) is 0.340. The Labute approximate surface area is 141 Å². The lowest BCUT2D eigenvalue weighted by molar-refractivity contribution is -0.169. The summed E-state index contributed by atoms with van der Waals surface area (Å²) in [6.45, 7) is 6.03. The highest BCUT2D eigenvalue weighted by molar-refractivity contribution is 6.00. The molecule has 2 aliphatic carbocycles. The van der Waals surface area contributed by atoms with E-state index in [9.17, 15) is 14.4 Å². The van der Waals surface area contributed by atoms with Crippen molar-refractivity contribution < 1.29 is 28.6 Å². The molecule has 2 atom stereocenters. The average Bonchev–Trinajstić information content (AvgIpc) is 2.93. The molecule has 24 heavy (non-hydrogen) atoms. The van der Waals surface area contributed by atoms with E-state index >= 15 is 0 Å². The summed E-state index contributed by atoms with van der Waals surface area (Å²) in [5, 5.41) is 0. The number of carbonyl (C=O) groups is 3. The second-order valence-electron chi connectivity index (χ2n) is 6.63. The maximum absolute atomic E-state index is 12.4. The number of esters is 3. The molecule has 0 spiro atoms. The SMILES string of the molecule is C=C1CC(C)=C(C(=O)OC)CC2CC(C(=O)OC)(C(=O)OC)CC12. The van der Waals surface area contributed by atoms with Crippen LogP contribution in [0.3, 0.4) is 0 Å². The van der Waals surface area contributed by atoms with Gasteiger partial charge in [-0.25, -0.2) is 4.79 Å². The second-order valence-corrected chi connectivity index (χ2v) is 6.63. The Morgan fingerprint density at radius 3 is 2.12 bits per heavy atom. The van der Waals surface area contributed by atoms with Crippen LogP contribution in [-0.2, 0) is 28.6 Å². The Morgan fingerprint density at radius 1 is 1.04 bits per heavy atom. The van der Waals surface area contributed by atoms with Crippen LogP contribution in [0.2, 0.25) is 0 Å². The first-order valence-corrected chi connectivity index (χ1v) is 7.92. The van der Waals surface area contributed by atoms with Crippen molar-refractivity contribution in [3.05, 3.63) is 23.3 Å². The molecule has 2 rings (SSSR count). The monoisotopic (exact) mass is 336 g/mol. The lowest BCUT2D eigenvalue weighted by Crippen LogP contribution is -2.39. The van der Waals surface area contributed by atoms with Crippen LogP contribution in [0.5, 0.6) is 0 Å². The van der Waals surface area contributed by atoms with Crippen LogP contribution >= 0.6 is 0 Å². The van der Waals surface area contributed by atoms with E-state index in [1.807, 2.05) is 6.92 Å². The van der Waals surface area contributed by atoms with Gasteiger partial charge in [-0.15, -0.1) is 0 Å². The van der Waals surface area contributed by atoms with Gasteiger partial charge in [0.25, 0.3) is 0 Å². The summed E-state index contributed by atoms with van der Waals surface area (Å²) in [5.41, 5.74) is 1.14. The van der Waals surface area contributed by atoms with E-state index in [0.29, 0.717) is 24.8 Å². The number of hydrogen-bond acceptors (Lipinski definition) is 6. The molecule has 2 aliphatic rings. The number of ether oxygens (including phenoxy) is 3.